The molecule has 0 aliphatic heterocycles. The van der Waals surface area contributed by atoms with Crippen molar-refractivity contribution in [3.63, 3.8) is 0 Å². The third kappa shape index (κ3) is 5.87. The van der Waals surface area contributed by atoms with E-state index in [1.165, 1.54) is 51.5 Å². The van der Waals surface area contributed by atoms with Crippen LogP contribution >= 0.6 is 0 Å². The summed E-state index contributed by atoms with van der Waals surface area (Å²) in [6.07, 6.45) is 9.29. The van der Waals surface area contributed by atoms with Gasteiger partial charge in [-0.3, -0.25) is 0 Å². The molecule has 0 aromatic rings. The summed E-state index contributed by atoms with van der Waals surface area (Å²) in [5.41, 5.74) is 0.480. The van der Waals surface area contributed by atoms with Crippen LogP contribution in [0.1, 0.15) is 65.7 Å². The lowest BCUT2D eigenvalue weighted by Gasteiger charge is -2.33. The third-order valence-corrected chi connectivity index (χ3v) is 4.13. The number of rotatable bonds is 11. The second kappa shape index (κ2) is 8.10. The molecule has 0 spiro atoms. The Morgan fingerprint density at radius 1 is 1.18 bits per heavy atom. The molecule has 0 radical (unpaired) electrons. The van der Waals surface area contributed by atoms with Gasteiger partial charge in [0.1, 0.15) is 0 Å². The van der Waals surface area contributed by atoms with Crippen LogP contribution in [0, 0.1) is 5.41 Å². The molecule has 0 saturated heterocycles. The lowest BCUT2D eigenvalue weighted by molar-refractivity contribution is 0.0923. The van der Waals surface area contributed by atoms with E-state index in [0.717, 1.165) is 19.3 Å². The normalized spacial score (nSPS) is 19.2. The average Bonchev–Trinajstić information content (AvgIpc) is 3.17. The summed E-state index contributed by atoms with van der Waals surface area (Å²) in [6, 6.07) is 0.828. The Balaban J connectivity index is 2.37. The molecule has 1 atom stereocenters. The van der Waals surface area contributed by atoms with Crippen molar-refractivity contribution in [3.05, 3.63) is 0 Å². The second-order valence-corrected chi connectivity index (χ2v) is 5.56. The van der Waals surface area contributed by atoms with Crippen LogP contribution in [0.3, 0.4) is 0 Å². The molecule has 1 saturated carbocycles. The Hall–Kier alpha value is -0.0800. The third-order valence-electron chi connectivity index (χ3n) is 4.13. The van der Waals surface area contributed by atoms with Gasteiger partial charge >= 0.3 is 0 Å². The number of ether oxygens (including phenoxy) is 1. The van der Waals surface area contributed by atoms with E-state index in [2.05, 4.69) is 26.1 Å². The van der Waals surface area contributed by atoms with Crippen LogP contribution in [0.15, 0.2) is 0 Å². The van der Waals surface area contributed by atoms with Crippen LogP contribution in [0.2, 0.25) is 0 Å². The van der Waals surface area contributed by atoms with Crippen LogP contribution < -0.4 is 5.32 Å². The molecule has 0 aromatic carbocycles. The molecule has 1 aliphatic rings. The van der Waals surface area contributed by atoms with E-state index >= 15 is 0 Å². The van der Waals surface area contributed by atoms with Gasteiger partial charge in [0.05, 0.1) is 0 Å². The fraction of sp³-hybridized carbons (Fsp3) is 1.00. The van der Waals surface area contributed by atoms with E-state index in [4.69, 9.17) is 4.74 Å². The van der Waals surface area contributed by atoms with Gasteiger partial charge in [-0.25, -0.2) is 0 Å². The van der Waals surface area contributed by atoms with E-state index < -0.39 is 0 Å². The summed E-state index contributed by atoms with van der Waals surface area (Å²) in [6.45, 7) is 9.70. The lowest BCUT2D eigenvalue weighted by Crippen LogP contribution is -2.36. The average molecular weight is 241 g/mol. The molecule has 0 amide bonds. The van der Waals surface area contributed by atoms with Crippen LogP contribution in [-0.2, 0) is 4.74 Å². The van der Waals surface area contributed by atoms with Crippen molar-refractivity contribution in [2.75, 3.05) is 19.8 Å². The van der Waals surface area contributed by atoms with E-state index in [1.54, 1.807) is 0 Å². The molecule has 1 N–H and O–H groups in total. The summed E-state index contributed by atoms with van der Waals surface area (Å²) < 4.78 is 5.57. The van der Waals surface area contributed by atoms with Crippen LogP contribution in [0.5, 0.6) is 0 Å². The number of nitrogens with one attached hydrogen (secondary N) is 1. The first-order chi connectivity index (χ1) is 8.26. The predicted octanol–water partition coefficient (Wildman–Crippen LogP) is 3.75. The number of hydrogen-bond acceptors (Lipinski definition) is 2. The Labute approximate surface area is 108 Å². The highest BCUT2D eigenvalue weighted by atomic mass is 16.5. The molecule has 1 aliphatic carbocycles. The van der Waals surface area contributed by atoms with Gasteiger partial charge in [-0.15, -0.1) is 0 Å². The van der Waals surface area contributed by atoms with Gasteiger partial charge < -0.3 is 10.1 Å². The Kier molecular flexibility index (Phi) is 7.14. The molecule has 1 rings (SSSR count). The topological polar surface area (TPSA) is 21.3 Å². The van der Waals surface area contributed by atoms with Gasteiger partial charge in [-0.05, 0) is 44.4 Å². The molecule has 17 heavy (non-hydrogen) atoms. The summed E-state index contributed by atoms with van der Waals surface area (Å²) in [4.78, 5) is 0. The van der Waals surface area contributed by atoms with Crippen molar-refractivity contribution >= 4 is 0 Å². The van der Waals surface area contributed by atoms with Gasteiger partial charge in [0.15, 0.2) is 0 Å². The molecule has 2 heteroatoms. The Morgan fingerprint density at radius 2 is 1.94 bits per heavy atom. The molecule has 1 unspecified atom stereocenters. The fourth-order valence-corrected chi connectivity index (χ4v) is 2.41. The van der Waals surface area contributed by atoms with Crippen molar-refractivity contribution in [1.29, 1.82) is 0 Å². The number of unbranched alkanes of at least 4 members (excludes halogenated alkanes) is 1. The first-order valence-electron chi connectivity index (χ1n) is 7.57. The standard InChI is InChI=1S/C15H31NO/c1-4-7-10-15(5-2,11-12-17-6-3)13-16-14-8-9-14/h14,16H,4-13H2,1-3H3. The Morgan fingerprint density at radius 3 is 2.47 bits per heavy atom. The highest BCUT2D eigenvalue weighted by Crippen LogP contribution is 2.33. The van der Waals surface area contributed by atoms with Crippen molar-refractivity contribution in [3.8, 4) is 0 Å². The first-order valence-corrected chi connectivity index (χ1v) is 7.57. The van der Waals surface area contributed by atoms with E-state index in [1.807, 2.05) is 0 Å². The minimum absolute atomic E-state index is 0.480. The van der Waals surface area contributed by atoms with Gasteiger partial charge in [-0.1, -0.05) is 26.7 Å². The van der Waals surface area contributed by atoms with Crippen molar-refractivity contribution in [1.82, 2.24) is 5.32 Å². The predicted molar refractivity (Wildman–Crippen MR) is 74.4 cm³/mol. The maximum absolute atomic E-state index is 5.57. The van der Waals surface area contributed by atoms with Gasteiger partial charge in [0.2, 0.25) is 0 Å². The quantitative estimate of drug-likeness (QED) is 0.556. The highest BCUT2D eigenvalue weighted by Gasteiger charge is 2.30. The van der Waals surface area contributed by atoms with Crippen molar-refractivity contribution < 1.29 is 4.74 Å². The minimum Gasteiger partial charge on any atom is -0.382 e. The zero-order valence-electron chi connectivity index (χ0n) is 12.1. The van der Waals surface area contributed by atoms with Crippen LogP contribution in [0.4, 0.5) is 0 Å². The zero-order chi connectivity index (χ0) is 12.6. The van der Waals surface area contributed by atoms with E-state index in [9.17, 15) is 0 Å². The summed E-state index contributed by atoms with van der Waals surface area (Å²) in [5.74, 6) is 0. The van der Waals surface area contributed by atoms with Gasteiger partial charge in [-0.2, -0.15) is 0 Å². The maximum atomic E-state index is 5.57. The zero-order valence-corrected chi connectivity index (χ0v) is 12.1. The molecule has 2 nitrogen and oxygen atoms in total. The van der Waals surface area contributed by atoms with Crippen LogP contribution in [-0.4, -0.2) is 25.8 Å². The first kappa shape index (κ1) is 15.0. The SMILES string of the molecule is CCCCC(CC)(CCOCC)CNC1CC1. The molecule has 0 bridgehead atoms. The van der Waals surface area contributed by atoms with Gasteiger partial charge in [0.25, 0.3) is 0 Å². The molecule has 0 heterocycles. The monoisotopic (exact) mass is 241 g/mol. The van der Waals surface area contributed by atoms with E-state index in [0.29, 0.717) is 5.41 Å². The van der Waals surface area contributed by atoms with Crippen LogP contribution in [0.25, 0.3) is 0 Å². The number of hydrogen-bond donors (Lipinski definition) is 1. The molecule has 102 valence electrons. The second-order valence-electron chi connectivity index (χ2n) is 5.56. The molecule has 0 aromatic heterocycles. The highest BCUT2D eigenvalue weighted by molar-refractivity contribution is 4.87. The molecular weight excluding hydrogens is 210 g/mol. The van der Waals surface area contributed by atoms with E-state index in [-0.39, 0.29) is 0 Å². The summed E-state index contributed by atoms with van der Waals surface area (Å²) in [7, 11) is 0. The summed E-state index contributed by atoms with van der Waals surface area (Å²) in [5, 5.41) is 3.73. The maximum Gasteiger partial charge on any atom is 0.0471 e. The minimum atomic E-state index is 0.480. The van der Waals surface area contributed by atoms with Gasteiger partial charge in [0, 0.05) is 25.8 Å². The smallest absolute Gasteiger partial charge is 0.0471 e. The molecular formula is C15H31NO. The lowest BCUT2D eigenvalue weighted by atomic mass is 9.77. The Bertz CT molecular complexity index is 191. The van der Waals surface area contributed by atoms with Crippen molar-refractivity contribution in [2.45, 2.75) is 71.8 Å². The molecule has 1 fully saturated rings. The fourth-order valence-electron chi connectivity index (χ4n) is 2.41. The summed E-state index contributed by atoms with van der Waals surface area (Å²) >= 11 is 0. The largest absolute Gasteiger partial charge is 0.382 e. The van der Waals surface area contributed by atoms with Crippen molar-refractivity contribution in [2.24, 2.45) is 5.41 Å².